The van der Waals surface area contributed by atoms with E-state index in [1.54, 1.807) is 0 Å². The minimum absolute atomic E-state index is 0.0121. The minimum atomic E-state index is -1.64. The van der Waals surface area contributed by atoms with Crippen molar-refractivity contribution in [2.75, 3.05) is 5.32 Å². The number of aromatic amines is 1. The number of fused-ring (bicyclic) bond motifs is 2. The number of nitro groups is 2. The number of rotatable bonds is 2. The molecule has 1 aromatic heterocycles. The molecular formula is C16H6F4N4O6. The van der Waals surface area contributed by atoms with Crippen molar-refractivity contribution in [1.82, 2.24) is 4.98 Å². The largest absolute Gasteiger partial charge is 0.361 e. The fourth-order valence-electron chi connectivity index (χ4n) is 2.68. The van der Waals surface area contributed by atoms with E-state index in [1.165, 1.54) is 12.3 Å². The van der Waals surface area contributed by atoms with Crippen molar-refractivity contribution in [2.45, 2.75) is 0 Å². The number of carbonyl (C=O) groups excluding carboxylic acids is 2. The van der Waals surface area contributed by atoms with Crippen LogP contribution in [0.5, 0.6) is 0 Å². The second-order valence-electron chi connectivity index (χ2n) is 5.70. The summed E-state index contributed by atoms with van der Waals surface area (Å²) in [6.45, 7) is 0. The Bertz CT molecular complexity index is 1270. The average molecular weight is 426 g/mol. The molecule has 0 atom stereocenters. The summed E-state index contributed by atoms with van der Waals surface area (Å²) in [6, 6.07) is 2.76. The maximum atomic E-state index is 13.4. The van der Waals surface area contributed by atoms with E-state index < -0.39 is 67.4 Å². The van der Waals surface area contributed by atoms with Crippen molar-refractivity contribution in [1.29, 1.82) is 0 Å². The van der Waals surface area contributed by atoms with E-state index in [1.807, 2.05) is 5.32 Å². The molecule has 0 unspecified atom stereocenters. The first-order chi connectivity index (χ1) is 14.0. The van der Waals surface area contributed by atoms with Gasteiger partial charge in [0.15, 0.2) is 0 Å². The lowest BCUT2D eigenvalue weighted by molar-refractivity contribution is -0.390. The van der Waals surface area contributed by atoms with E-state index in [0.717, 1.165) is 6.07 Å². The molecule has 1 aliphatic rings. The van der Waals surface area contributed by atoms with Gasteiger partial charge in [-0.1, -0.05) is 0 Å². The van der Waals surface area contributed by atoms with Crippen LogP contribution >= 0.6 is 0 Å². The molecule has 0 fully saturated rings. The molecule has 0 spiro atoms. The first kappa shape index (κ1) is 20.4. The van der Waals surface area contributed by atoms with Gasteiger partial charge in [0, 0.05) is 23.7 Å². The maximum Gasteiger partial charge on any atom is 0.341 e. The molecule has 30 heavy (non-hydrogen) atoms. The van der Waals surface area contributed by atoms with Gasteiger partial charge in [-0.3, -0.25) is 29.8 Å². The summed E-state index contributed by atoms with van der Waals surface area (Å²) in [5, 5.41) is 22.6. The summed E-state index contributed by atoms with van der Waals surface area (Å²) in [5.74, 6) is -7.81. The van der Waals surface area contributed by atoms with E-state index in [2.05, 4.69) is 4.98 Å². The molecule has 0 saturated carbocycles. The van der Waals surface area contributed by atoms with Crippen LogP contribution in [-0.2, 0) is 4.79 Å². The number of nitrogens with one attached hydrogen (secondary N) is 2. The number of hydrogen-bond acceptors (Lipinski definition) is 6. The summed E-state index contributed by atoms with van der Waals surface area (Å²) in [4.78, 5) is 42.8. The van der Waals surface area contributed by atoms with Crippen molar-refractivity contribution in [3.05, 3.63) is 73.5 Å². The second kappa shape index (κ2) is 7.23. The number of hydrogen-bond donors (Lipinski definition) is 2. The SMILES string of the molecule is O=C1Nc2cc(F)c([N+](=O)[O-])c(F)c2C1=O.O=[N+]([O-])c1c(F)cc2[nH]ccc2c1F. The quantitative estimate of drug-likeness (QED) is 0.278. The van der Waals surface area contributed by atoms with Gasteiger partial charge in [-0.05, 0) is 6.07 Å². The third-order valence-electron chi connectivity index (χ3n) is 3.96. The smallest absolute Gasteiger partial charge is 0.341 e. The molecule has 2 aromatic carbocycles. The van der Waals surface area contributed by atoms with Crippen LogP contribution in [0.4, 0.5) is 34.6 Å². The first-order valence-electron chi connectivity index (χ1n) is 7.66. The number of Topliss-reactive ketones (excluding diaryl/α,β-unsaturated/α-hetero) is 1. The lowest BCUT2D eigenvalue weighted by Crippen LogP contribution is -2.13. The highest BCUT2D eigenvalue weighted by Gasteiger charge is 2.38. The molecule has 0 radical (unpaired) electrons. The molecule has 154 valence electrons. The van der Waals surface area contributed by atoms with Gasteiger partial charge in [0.2, 0.25) is 23.3 Å². The number of anilines is 1. The normalized spacial score (nSPS) is 12.3. The Morgan fingerprint density at radius 3 is 2.03 bits per heavy atom. The Kier molecular flexibility index (Phi) is 4.91. The van der Waals surface area contributed by atoms with Gasteiger partial charge < -0.3 is 10.3 Å². The Balaban J connectivity index is 0.000000172. The van der Waals surface area contributed by atoms with Crippen molar-refractivity contribution in [3.8, 4) is 0 Å². The number of halogens is 4. The van der Waals surface area contributed by atoms with Gasteiger partial charge in [-0.25, -0.2) is 0 Å². The predicted molar refractivity (Wildman–Crippen MR) is 90.8 cm³/mol. The van der Waals surface area contributed by atoms with Gasteiger partial charge >= 0.3 is 11.4 Å². The van der Waals surface area contributed by atoms with Crippen molar-refractivity contribution in [3.63, 3.8) is 0 Å². The van der Waals surface area contributed by atoms with Gasteiger partial charge in [0.05, 0.1) is 26.6 Å². The van der Waals surface area contributed by atoms with Crippen molar-refractivity contribution in [2.24, 2.45) is 0 Å². The second-order valence-corrected chi connectivity index (χ2v) is 5.70. The third kappa shape index (κ3) is 3.19. The minimum Gasteiger partial charge on any atom is -0.361 e. The molecule has 14 heteroatoms. The van der Waals surface area contributed by atoms with Gasteiger partial charge in [-0.2, -0.15) is 17.6 Å². The number of carbonyl (C=O) groups is 2. The Hall–Kier alpha value is -4.36. The van der Waals surface area contributed by atoms with Crippen LogP contribution < -0.4 is 5.32 Å². The molecule has 2 N–H and O–H groups in total. The van der Waals surface area contributed by atoms with Crippen LogP contribution in [0.25, 0.3) is 10.9 Å². The summed E-state index contributed by atoms with van der Waals surface area (Å²) >= 11 is 0. The maximum absolute atomic E-state index is 13.4. The summed E-state index contributed by atoms with van der Waals surface area (Å²) in [6.07, 6.45) is 1.39. The van der Waals surface area contributed by atoms with Crippen LogP contribution in [0.15, 0.2) is 24.4 Å². The zero-order valence-corrected chi connectivity index (χ0v) is 14.2. The van der Waals surface area contributed by atoms with Crippen LogP contribution in [0.1, 0.15) is 10.4 Å². The Morgan fingerprint density at radius 1 is 0.867 bits per heavy atom. The standard InChI is InChI=1S/C8H2F2N2O4.C8H4F2N2O2/c9-2-1-3-4(7(13)8(14)11-3)5(10)6(2)12(15)16;9-5-3-6-4(1-2-11-6)7(10)8(5)12(13)14/h1H,(H,11,13,14);1-3,11H. The molecule has 0 bridgehead atoms. The Morgan fingerprint density at radius 2 is 1.43 bits per heavy atom. The highest BCUT2D eigenvalue weighted by atomic mass is 19.1. The third-order valence-corrected chi connectivity index (χ3v) is 3.96. The van der Waals surface area contributed by atoms with Gasteiger partial charge in [-0.15, -0.1) is 0 Å². The van der Waals surface area contributed by atoms with Crippen LogP contribution in [0, 0.1) is 43.5 Å². The number of benzene rings is 2. The fourth-order valence-corrected chi connectivity index (χ4v) is 2.68. The lowest BCUT2D eigenvalue weighted by atomic mass is 10.1. The number of aromatic nitrogens is 1. The van der Waals surface area contributed by atoms with E-state index in [0.29, 0.717) is 6.07 Å². The van der Waals surface area contributed by atoms with E-state index in [4.69, 9.17) is 0 Å². The zero-order valence-electron chi connectivity index (χ0n) is 14.2. The number of nitro benzene ring substituents is 2. The molecule has 1 aliphatic heterocycles. The van der Waals surface area contributed by atoms with Gasteiger partial charge in [0.25, 0.3) is 11.7 Å². The van der Waals surface area contributed by atoms with Crippen molar-refractivity contribution < 1.29 is 37.0 Å². The summed E-state index contributed by atoms with van der Waals surface area (Å²) in [7, 11) is 0. The number of amides is 1. The van der Waals surface area contributed by atoms with E-state index in [9.17, 15) is 47.4 Å². The summed E-state index contributed by atoms with van der Waals surface area (Å²) < 4.78 is 52.8. The van der Waals surface area contributed by atoms with Crippen LogP contribution in [0.2, 0.25) is 0 Å². The molecular weight excluding hydrogens is 420 g/mol. The molecule has 1 amide bonds. The van der Waals surface area contributed by atoms with E-state index >= 15 is 0 Å². The number of nitrogens with zero attached hydrogens (tertiary/aromatic N) is 2. The molecule has 3 aromatic rings. The van der Waals surface area contributed by atoms with Gasteiger partial charge in [0.1, 0.15) is 0 Å². The van der Waals surface area contributed by atoms with Crippen LogP contribution in [-0.4, -0.2) is 26.5 Å². The highest BCUT2D eigenvalue weighted by Crippen LogP contribution is 2.34. The van der Waals surface area contributed by atoms with Crippen molar-refractivity contribution >= 4 is 39.7 Å². The highest BCUT2D eigenvalue weighted by molar-refractivity contribution is 6.51. The predicted octanol–water partition coefficient (Wildman–Crippen LogP) is 3.36. The lowest BCUT2D eigenvalue weighted by Gasteiger charge is -2.00. The van der Waals surface area contributed by atoms with E-state index in [-0.39, 0.29) is 10.9 Å². The topological polar surface area (TPSA) is 148 Å². The fraction of sp³-hybridized carbons (Fsp3) is 0. The molecule has 0 saturated heterocycles. The summed E-state index contributed by atoms with van der Waals surface area (Å²) in [5.41, 5.74) is -3.54. The zero-order chi connectivity index (χ0) is 22.3. The molecule has 10 nitrogen and oxygen atoms in total. The number of H-pyrrole nitrogens is 1. The monoisotopic (exact) mass is 426 g/mol. The Labute approximate surface area is 161 Å². The molecule has 4 rings (SSSR count). The molecule has 2 heterocycles. The average Bonchev–Trinajstić information content (AvgIpc) is 3.19. The number of ketones is 1. The first-order valence-corrected chi connectivity index (χ1v) is 7.66. The molecule has 0 aliphatic carbocycles. The van der Waals surface area contributed by atoms with Crippen LogP contribution in [0.3, 0.4) is 0 Å².